The number of para-hydroxylation sites is 1. The Kier molecular flexibility index (Phi) is 4.83. The van der Waals surface area contributed by atoms with E-state index in [9.17, 15) is 0 Å². The molecule has 0 radical (unpaired) electrons. The lowest BCUT2D eigenvalue weighted by Crippen LogP contribution is -2.12. The first kappa shape index (κ1) is 11.7. The van der Waals surface area contributed by atoms with Crippen molar-refractivity contribution in [2.75, 3.05) is 12.4 Å². The zero-order valence-corrected chi connectivity index (χ0v) is 9.46. The van der Waals surface area contributed by atoms with Gasteiger partial charge in [0.2, 0.25) is 0 Å². The highest BCUT2D eigenvalue weighted by Crippen LogP contribution is 2.16. The van der Waals surface area contributed by atoms with Gasteiger partial charge in [-0.25, -0.2) is 0 Å². The maximum Gasteiger partial charge on any atom is 0.177 e. The SMILES string of the molecule is Cc1ccccc1OCCSC(N)=NN. The van der Waals surface area contributed by atoms with Gasteiger partial charge in [-0.05, 0) is 18.6 Å². The normalized spacial score (nSPS) is 11.4. The van der Waals surface area contributed by atoms with E-state index < -0.39 is 0 Å². The minimum absolute atomic E-state index is 0.378. The van der Waals surface area contributed by atoms with Crippen molar-refractivity contribution in [1.82, 2.24) is 0 Å². The first-order valence-electron chi connectivity index (χ1n) is 4.58. The Morgan fingerprint density at radius 2 is 2.20 bits per heavy atom. The molecule has 0 saturated carbocycles. The molecule has 0 spiro atoms. The van der Waals surface area contributed by atoms with E-state index in [-0.39, 0.29) is 0 Å². The number of rotatable bonds is 4. The van der Waals surface area contributed by atoms with Gasteiger partial charge in [-0.2, -0.15) is 5.10 Å². The quantitative estimate of drug-likeness (QED) is 0.266. The van der Waals surface area contributed by atoms with Crippen LogP contribution in [-0.4, -0.2) is 17.5 Å². The van der Waals surface area contributed by atoms with Crippen LogP contribution in [0.5, 0.6) is 5.75 Å². The van der Waals surface area contributed by atoms with Crippen LogP contribution in [0.25, 0.3) is 0 Å². The summed E-state index contributed by atoms with van der Waals surface area (Å²) in [7, 11) is 0. The van der Waals surface area contributed by atoms with Crippen LogP contribution in [0.1, 0.15) is 5.56 Å². The van der Waals surface area contributed by atoms with E-state index in [0.29, 0.717) is 11.8 Å². The molecule has 82 valence electrons. The smallest absolute Gasteiger partial charge is 0.177 e. The lowest BCUT2D eigenvalue weighted by atomic mass is 10.2. The average Bonchev–Trinajstić information content (AvgIpc) is 2.26. The fourth-order valence-electron chi connectivity index (χ4n) is 1.05. The molecule has 0 aromatic heterocycles. The van der Waals surface area contributed by atoms with E-state index in [4.69, 9.17) is 16.3 Å². The van der Waals surface area contributed by atoms with Crippen molar-refractivity contribution in [3.63, 3.8) is 0 Å². The Balaban J connectivity index is 2.29. The number of thioether (sulfide) groups is 1. The van der Waals surface area contributed by atoms with E-state index in [1.54, 1.807) is 0 Å². The summed E-state index contributed by atoms with van der Waals surface area (Å²) in [5, 5.41) is 3.73. The van der Waals surface area contributed by atoms with Crippen molar-refractivity contribution in [1.29, 1.82) is 0 Å². The number of nitrogens with two attached hydrogens (primary N) is 2. The highest BCUT2D eigenvalue weighted by atomic mass is 32.2. The Morgan fingerprint density at radius 1 is 1.47 bits per heavy atom. The van der Waals surface area contributed by atoms with Crippen molar-refractivity contribution < 1.29 is 4.74 Å². The van der Waals surface area contributed by atoms with Crippen LogP contribution in [0.15, 0.2) is 29.4 Å². The van der Waals surface area contributed by atoms with E-state index >= 15 is 0 Å². The molecule has 0 heterocycles. The molecule has 0 amide bonds. The largest absolute Gasteiger partial charge is 0.492 e. The molecule has 0 aliphatic rings. The molecular weight excluding hydrogens is 210 g/mol. The van der Waals surface area contributed by atoms with Gasteiger partial charge in [0, 0.05) is 5.75 Å². The highest BCUT2D eigenvalue weighted by Gasteiger charge is 1.98. The summed E-state index contributed by atoms with van der Waals surface area (Å²) in [6.45, 7) is 2.60. The van der Waals surface area contributed by atoms with Crippen LogP contribution in [0.3, 0.4) is 0 Å². The molecule has 0 saturated heterocycles. The van der Waals surface area contributed by atoms with Crippen LogP contribution in [0, 0.1) is 6.92 Å². The first-order valence-corrected chi connectivity index (χ1v) is 5.57. The molecule has 0 bridgehead atoms. The van der Waals surface area contributed by atoms with Crippen LogP contribution in [-0.2, 0) is 0 Å². The van der Waals surface area contributed by atoms with Crippen molar-refractivity contribution in [3.05, 3.63) is 29.8 Å². The van der Waals surface area contributed by atoms with Gasteiger partial charge in [0.05, 0.1) is 6.61 Å². The molecule has 4 N–H and O–H groups in total. The predicted octanol–water partition coefficient (Wildman–Crippen LogP) is 1.30. The van der Waals surface area contributed by atoms with Gasteiger partial charge in [0.15, 0.2) is 5.17 Å². The molecule has 15 heavy (non-hydrogen) atoms. The van der Waals surface area contributed by atoms with Crippen molar-refractivity contribution >= 4 is 16.9 Å². The van der Waals surface area contributed by atoms with E-state index in [1.807, 2.05) is 31.2 Å². The highest BCUT2D eigenvalue weighted by molar-refractivity contribution is 8.13. The summed E-state index contributed by atoms with van der Waals surface area (Å²) in [6.07, 6.45) is 0. The van der Waals surface area contributed by atoms with E-state index in [0.717, 1.165) is 17.1 Å². The Hall–Kier alpha value is -1.36. The Bertz CT molecular complexity index is 341. The molecule has 0 aliphatic carbocycles. The number of benzene rings is 1. The van der Waals surface area contributed by atoms with Gasteiger partial charge in [0.1, 0.15) is 5.75 Å². The summed E-state index contributed by atoms with van der Waals surface area (Å²) >= 11 is 1.38. The standard InChI is InChI=1S/C10H15N3OS/c1-8-4-2-3-5-9(8)14-6-7-15-10(11)13-12/h2-5H,6-7,12H2,1H3,(H2,11,13). The molecule has 1 aromatic rings. The third-order valence-electron chi connectivity index (χ3n) is 1.81. The number of aryl methyl sites for hydroxylation is 1. The monoisotopic (exact) mass is 225 g/mol. The second-order valence-corrected chi connectivity index (χ2v) is 4.04. The van der Waals surface area contributed by atoms with Gasteiger partial charge < -0.3 is 16.3 Å². The third-order valence-corrected chi connectivity index (χ3v) is 2.58. The van der Waals surface area contributed by atoms with Gasteiger partial charge in [0.25, 0.3) is 0 Å². The van der Waals surface area contributed by atoms with Gasteiger partial charge in [-0.15, -0.1) is 0 Å². The van der Waals surface area contributed by atoms with Crippen molar-refractivity contribution in [2.45, 2.75) is 6.92 Å². The molecule has 1 rings (SSSR count). The minimum Gasteiger partial charge on any atom is -0.492 e. The average molecular weight is 225 g/mol. The number of hydrazone groups is 1. The summed E-state index contributed by atoms with van der Waals surface area (Å²) in [6, 6.07) is 7.89. The van der Waals surface area contributed by atoms with Crippen LogP contribution in [0.2, 0.25) is 0 Å². The lowest BCUT2D eigenvalue weighted by molar-refractivity contribution is 0.342. The molecular formula is C10H15N3OS. The maximum atomic E-state index is 5.56. The third kappa shape index (κ3) is 4.12. The summed E-state index contributed by atoms with van der Waals surface area (Å²) in [5.74, 6) is 6.63. The topological polar surface area (TPSA) is 73.6 Å². The molecule has 0 fully saturated rings. The summed E-state index contributed by atoms with van der Waals surface area (Å²) < 4.78 is 5.56. The number of hydrogen-bond donors (Lipinski definition) is 2. The zero-order valence-electron chi connectivity index (χ0n) is 8.64. The predicted molar refractivity (Wildman–Crippen MR) is 64.9 cm³/mol. The molecule has 0 aliphatic heterocycles. The molecule has 1 aromatic carbocycles. The number of nitrogens with zero attached hydrogens (tertiary/aromatic N) is 1. The fourth-order valence-corrected chi connectivity index (χ4v) is 1.50. The lowest BCUT2D eigenvalue weighted by Gasteiger charge is -2.07. The zero-order chi connectivity index (χ0) is 11.1. The summed E-state index contributed by atoms with van der Waals surface area (Å²) in [5.41, 5.74) is 6.54. The maximum absolute atomic E-state index is 5.56. The van der Waals surface area contributed by atoms with E-state index in [2.05, 4.69) is 5.10 Å². The van der Waals surface area contributed by atoms with Crippen LogP contribution >= 0.6 is 11.8 Å². The van der Waals surface area contributed by atoms with Crippen molar-refractivity contribution in [3.8, 4) is 5.75 Å². The Labute approximate surface area is 93.7 Å². The second kappa shape index (κ2) is 6.19. The minimum atomic E-state index is 0.378. The second-order valence-electron chi connectivity index (χ2n) is 2.93. The van der Waals surface area contributed by atoms with Gasteiger partial charge >= 0.3 is 0 Å². The first-order chi connectivity index (χ1) is 7.24. The fraction of sp³-hybridized carbons (Fsp3) is 0.300. The van der Waals surface area contributed by atoms with Gasteiger partial charge in [-0.1, -0.05) is 30.0 Å². The number of hydrogen-bond acceptors (Lipinski definition) is 4. The van der Waals surface area contributed by atoms with Gasteiger partial charge in [-0.3, -0.25) is 0 Å². The molecule has 0 unspecified atom stereocenters. The number of ether oxygens (including phenoxy) is 1. The van der Waals surface area contributed by atoms with Crippen LogP contribution in [0.4, 0.5) is 0 Å². The Morgan fingerprint density at radius 3 is 2.87 bits per heavy atom. The molecule has 4 nitrogen and oxygen atoms in total. The molecule has 0 atom stereocenters. The molecule has 5 heteroatoms. The van der Waals surface area contributed by atoms with E-state index in [1.165, 1.54) is 11.8 Å². The van der Waals surface area contributed by atoms with Crippen LogP contribution < -0.4 is 16.3 Å². The number of amidine groups is 1. The summed E-state index contributed by atoms with van der Waals surface area (Å²) in [4.78, 5) is 0. The van der Waals surface area contributed by atoms with Crippen molar-refractivity contribution in [2.24, 2.45) is 16.7 Å².